The number of aromatic nitrogens is 4. The monoisotopic (exact) mass is 345 g/mol. The van der Waals surface area contributed by atoms with Crippen LogP contribution in [0.15, 0.2) is 16.9 Å². The number of rotatable bonds is 4. The van der Waals surface area contributed by atoms with Crippen LogP contribution in [0.4, 0.5) is 16.4 Å². The zero-order valence-corrected chi connectivity index (χ0v) is 14.9. The average Bonchev–Trinajstić information content (AvgIpc) is 3.24. The number of carbonyl (C=O) groups excluding carboxylic acids is 1. The van der Waals surface area contributed by atoms with Crippen molar-refractivity contribution >= 4 is 17.7 Å². The molecule has 2 amide bonds. The third kappa shape index (κ3) is 3.70. The van der Waals surface area contributed by atoms with Crippen molar-refractivity contribution in [3.05, 3.63) is 24.1 Å². The smallest absolute Gasteiger partial charge is 0.322 e. The van der Waals surface area contributed by atoms with E-state index in [-0.39, 0.29) is 18.0 Å². The number of hydrogen-bond donors (Lipinski definition) is 1. The van der Waals surface area contributed by atoms with Gasteiger partial charge in [-0.05, 0) is 12.8 Å². The van der Waals surface area contributed by atoms with Gasteiger partial charge in [-0.2, -0.15) is 4.98 Å². The Kier molecular flexibility index (Phi) is 4.82. The molecule has 0 spiro atoms. The molecule has 134 valence electrons. The maximum atomic E-state index is 12.6. The van der Waals surface area contributed by atoms with Crippen molar-refractivity contribution in [2.24, 2.45) is 0 Å². The molecule has 1 atom stereocenters. The molecule has 0 bridgehead atoms. The highest BCUT2D eigenvalue weighted by atomic mass is 16.5. The topological polar surface area (TPSA) is 100 Å². The average molecular weight is 345 g/mol. The van der Waals surface area contributed by atoms with E-state index in [1.54, 1.807) is 22.2 Å². The van der Waals surface area contributed by atoms with Gasteiger partial charge in [0.05, 0.1) is 24.1 Å². The van der Waals surface area contributed by atoms with Crippen LogP contribution in [-0.4, -0.2) is 51.7 Å². The standard InChI is InChI=1S/C16H23N7O2/c1-10(2)14-20-13(21-25-14)12-6-5-7-23(12)16(24)19-11-8-17-15(18-9-11)22(3)4/h8-10,12H,5-7H2,1-4H3,(H,19,24)/t12-/m1/s1. The molecule has 1 saturated heterocycles. The predicted octanol–water partition coefficient (Wildman–Crippen LogP) is 2.42. The molecule has 2 aromatic rings. The maximum Gasteiger partial charge on any atom is 0.322 e. The van der Waals surface area contributed by atoms with Crippen molar-refractivity contribution < 1.29 is 9.32 Å². The molecule has 2 aromatic heterocycles. The molecular weight excluding hydrogens is 322 g/mol. The third-order valence-electron chi connectivity index (χ3n) is 4.05. The molecule has 1 aliphatic heterocycles. The van der Waals surface area contributed by atoms with Crippen molar-refractivity contribution in [3.63, 3.8) is 0 Å². The lowest BCUT2D eigenvalue weighted by Gasteiger charge is -2.22. The van der Waals surface area contributed by atoms with Gasteiger partial charge in [0.2, 0.25) is 11.8 Å². The van der Waals surface area contributed by atoms with Crippen LogP contribution in [0.5, 0.6) is 0 Å². The molecule has 0 unspecified atom stereocenters. The number of nitrogens with one attached hydrogen (secondary N) is 1. The number of nitrogens with zero attached hydrogens (tertiary/aromatic N) is 6. The number of carbonyl (C=O) groups is 1. The van der Waals surface area contributed by atoms with Gasteiger partial charge in [0.1, 0.15) is 0 Å². The van der Waals surface area contributed by atoms with Crippen molar-refractivity contribution in [3.8, 4) is 0 Å². The predicted molar refractivity (Wildman–Crippen MR) is 92.4 cm³/mol. The number of amides is 2. The molecular formula is C16H23N7O2. The molecule has 0 aromatic carbocycles. The van der Waals surface area contributed by atoms with Gasteiger partial charge in [-0.1, -0.05) is 19.0 Å². The second-order valence-electron chi connectivity index (χ2n) is 6.59. The Bertz CT molecular complexity index is 726. The Morgan fingerprint density at radius 1 is 1.36 bits per heavy atom. The first kappa shape index (κ1) is 17.1. The van der Waals surface area contributed by atoms with Gasteiger partial charge >= 0.3 is 6.03 Å². The SMILES string of the molecule is CC(C)c1nc([C@H]2CCCN2C(=O)Nc2cnc(N(C)C)nc2)no1. The number of likely N-dealkylation sites (tertiary alicyclic amines) is 1. The van der Waals surface area contributed by atoms with Crippen LogP contribution in [0.2, 0.25) is 0 Å². The third-order valence-corrected chi connectivity index (χ3v) is 4.05. The summed E-state index contributed by atoms with van der Waals surface area (Å²) < 4.78 is 5.28. The fourth-order valence-corrected chi connectivity index (χ4v) is 2.71. The Labute approximate surface area is 146 Å². The Morgan fingerprint density at radius 2 is 2.08 bits per heavy atom. The fraction of sp³-hybridized carbons (Fsp3) is 0.562. The normalized spacial score (nSPS) is 17.2. The lowest BCUT2D eigenvalue weighted by molar-refractivity contribution is 0.203. The quantitative estimate of drug-likeness (QED) is 0.908. The summed E-state index contributed by atoms with van der Waals surface area (Å²) in [4.78, 5) is 29.0. The van der Waals surface area contributed by atoms with Crippen LogP contribution in [0.25, 0.3) is 0 Å². The maximum absolute atomic E-state index is 12.6. The Morgan fingerprint density at radius 3 is 2.68 bits per heavy atom. The van der Waals surface area contributed by atoms with Crippen LogP contribution in [-0.2, 0) is 0 Å². The molecule has 9 nitrogen and oxygen atoms in total. The first-order valence-electron chi connectivity index (χ1n) is 8.36. The van der Waals surface area contributed by atoms with Crippen molar-refractivity contribution in [2.45, 2.75) is 38.6 Å². The van der Waals surface area contributed by atoms with E-state index in [4.69, 9.17) is 4.52 Å². The summed E-state index contributed by atoms with van der Waals surface area (Å²) in [5.41, 5.74) is 0.553. The summed E-state index contributed by atoms with van der Waals surface area (Å²) in [5.74, 6) is 1.91. The van der Waals surface area contributed by atoms with Gasteiger partial charge in [0.15, 0.2) is 5.82 Å². The molecule has 3 heterocycles. The van der Waals surface area contributed by atoms with Crippen molar-refractivity contribution in [2.75, 3.05) is 30.9 Å². The van der Waals surface area contributed by atoms with Crippen molar-refractivity contribution in [1.29, 1.82) is 0 Å². The van der Waals surface area contributed by atoms with E-state index in [1.807, 2.05) is 27.9 Å². The minimum absolute atomic E-state index is 0.164. The van der Waals surface area contributed by atoms with E-state index < -0.39 is 0 Å². The van der Waals surface area contributed by atoms with Crippen LogP contribution >= 0.6 is 0 Å². The zero-order chi connectivity index (χ0) is 18.0. The van der Waals surface area contributed by atoms with E-state index in [9.17, 15) is 4.79 Å². The van der Waals surface area contributed by atoms with E-state index in [0.29, 0.717) is 29.9 Å². The van der Waals surface area contributed by atoms with Gasteiger partial charge in [-0.25, -0.2) is 14.8 Å². The van der Waals surface area contributed by atoms with E-state index in [1.165, 1.54) is 0 Å². The first-order chi connectivity index (χ1) is 12.0. The van der Waals surface area contributed by atoms with Crippen LogP contribution < -0.4 is 10.2 Å². The highest BCUT2D eigenvalue weighted by molar-refractivity contribution is 5.89. The minimum atomic E-state index is -0.209. The largest absolute Gasteiger partial charge is 0.347 e. The molecule has 1 fully saturated rings. The summed E-state index contributed by atoms with van der Waals surface area (Å²) in [5, 5.41) is 6.89. The van der Waals surface area contributed by atoms with Crippen molar-refractivity contribution in [1.82, 2.24) is 25.0 Å². The first-order valence-corrected chi connectivity index (χ1v) is 8.36. The molecule has 1 N–H and O–H groups in total. The number of hydrogen-bond acceptors (Lipinski definition) is 7. The summed E-state index contributed by atoms with van der Waals surface area (Å²) in [7, 11) is 3.72. The summed E-state index contributed by atoms with van der Waals surface area (Å²) >= 11 is 0. The molecule has 3 rings (SSSR count). The summed E-state index contributed by atoms with van der Waals surface area (Å²) in [6.07, 6.45) is 4.91. The second kappa shape index (κ2) is 7.04. The minimum Gasteiger partial charge on any atom is -0.347 e. The van der Waals surface area contributed by atoms with Gasteiger partial charge in [-0.3, -0.25) is 0 Å². The number of urea groups is 1. The molecule has 0 radical (unpaired) electrons. The van der Waals surface area contributed by atoms with Crippen LogP contribution in [0.1, 0.15) is 50.4 Å². The van der Waals surface area contributed by atoms with Gasteiger partial charge in [0, 0.05) is 26.6 Å². The van der Waals surface area contributed by atoms with E-state index in [0.717, 1.165) is 12.8 Å². The lowest BCUT2D eigenvalue weighted by Crippen LogP contribution is -2.35. The highest BCUT2D eigenvalue weighted by Gasteiger charge is 2.33. The summed E-state index contributed by atoms with van der Waals surface area (Å²) in [6.45, 7) is 4.64. The summed E-state index contributed by atoms with van der Waals surface area (Å²) in [6, 6.07) is -0.377. The Balaban J connectivity index is 1.69. The fourth-order valence-electron chi connectivity index (χ4n) is 2.71. The van der Waals surface area contributed by atoms with Crippen LogP contribution in [0.3, 0.4) is 0 Å². The molecule has 0 aliphatic carbocycles. The second-order valence-corrected chi connectivity index (χ2v) is 6.59. The highest BCUT2D eigenvalue weighted by Crippen LogP contribution is 2.31. The molecule has 25 heavy (non-hydrogen) atoms. The van der Waals surface area contributed by atoms with E-state index in [2.05, 4.69) is 25.4 Å². The van der Waals surface area contributed by atoms with Gasteiger partial charge in [-0.15, -0.1) is 0 Å². The molecule has 0 saturated carbocycles. The van der Waals surface area contributed by atoms with Crippen LogP contribution in [0, 0.1) is 0 Å². The van der Waals surface area contributed by atoms with Gasteiger partial charge in [0.25, 0.3) is 0 Å². The molecule has 1 aliphatic rings. The molecule has 9 heteroatoms. The van der Waals surface area contributed by atoms with Gasteiger partial charge < -0.3 is 19.6 Å². The Hall–Kier alpha value is -2.71. The van der Waals surface area contributed by atoms with E-state index >= 15 is 0 Å². The zero-order valence-electron chi connectivity index (χ0n) is 14.9. The lowest BCUT2D eigenvalue weighted by atomic mass is 10.2. The number of anilines is 2.